The standard InChI is InChI=1S/C46H34N4/c47-30-31-14-24-39-40-25-23-38(29-42(40)46(41(39)28-31)26-8-3-9-27-46)34-17-21-37(22-18-34)45-49-43(35-12-6-2-7-13-35)48-44(50-45)36-19-15-33(16-20-36)32-10-4-1-5-11-32/h1-2,4-7,10-25,28-29H,3,8-9,26-27H2. The molecule has 1 saturated carbocycles. The van der Waals surface area contributed by atoms with Gasteiger partial charge in [0.1, 0.15) is 0 Å². The number of rotatable bonds is 5. The van der Waals surface area contributed by atoms with E-state index >= 15 is 0 Å². The zero-order valence-electron chi connectivity index (χ0n) is 27.7. The fourth-order valence-corrected chi connectivity index (χ4v) is 8.04. The summed E-state index contributed by atoms with van der Waals surface area (Å²) < 4.78 is 0. The van der Waals surface area contributed by atoms with E-state index in [1.807, 2.05) is 42.5 Å². The number of hydrogen-bond acceptors (Lipinski definition) is 4. The molecule has 2 aliphatic carbocycles. The Morgan fingerprint density at radius 3 is 1.40 bits per heavy atom. The molecular formula is C46H34N4. The summed E-state index contributed by atoms with van der Waals surface area (Å²) in [7, 11) is 0. The molecular weight excluding hydrogens is 609 g/mol. The van der Waals surface area contributed by atoms with Crippen LogP contribution in [0.4, 0.5) is 0 Å². The molecule has 0 amide bonds. The molecule has 7 aromatic rings. The van der Waals surface area contributed by atoms with E-state index in [2.05, 4.69) is 109 Å². The summed E-state index contributed by atoms with van der Waals surface area (Å²) in [5.74, 6) is 1.94. The predicted molar refractivity (Wildman–Crippen MR) is 201 cm³/mol. The highest BCUT2D eigenvalue weighted by molar-refractivity contribution is 5.85. The molecule has 0 bridgehead atoms. The smallest absolute Gasteiger partial charge is 0.164 e. The first-order valence-electron chi connectivity index (χ1n) is 17.5. The van der Waals surface area contributed by atoms with Crippen LogP contribution in [0, 0.1) is 11.3 Å². The minimum atomic E-state index is -0.0137. The summed E-state index contributed by atoms with van der Waals surface area (Å²) in [5, 5.41) is 9.70. The van der Waals surface area contributed by atoms with Crippen LogP contribution >= 0.6 is 0 Å². The van der Waals surface area contributed by atoms with E-state index in [1.54, 1.807) is 0 Å². The van der Waals surface area contributed by atoms with Crippen molar-refractivity contribution < 1.29 is 0 Å². The Morgan fingerprint density at radius 1 is 0.420 bits per heavy atom. The van der Waals surface area contributed by atoms with Gasteiger partial charge in [-0.05, 0) is 75.5 Å². The van der Waals surface area contributed by atoms with Crippen LogP contribution < -0.4 is 0 Å². The zero-order valence-corrected chi connectivity index (χ0v) is 27.7. The molecule has 0 atom stereocenters. The second-order valence-electron chi connectivity index (χ2n) is 13.5. The quantitative estimate of drug-likeness (QED) is 0.187. The van der Waals surface area contributed by atoms with Crippen LogP contribution in [0.1, 0.15) is 48.8 Å². The Hall–Kier alpha value is -6.18. The third-order valence-corrected chi connectivity index (χ3v) is 10.6. The van der Waals surface area contributed by atoms with Crippen LogP contribution in [0.2, 0.25) is 0 Å². The molecule has 1 heterocycles. The van der Waals surface area contributed by atoms with Crippen LogP contribution in [0.25, 0.3) is 67.5 Å². The maximum absolute atomic E-state index is 9.70. The molecule has 50 heavy (non-hydrogen) atoms. The number of aromatic nitrogens is 3. The first kappa shape index (κ1) is 29.9. The van der Waals surface area contributed by atoms with E-state index in [1.165, 1.54) is 52.6 Å². The highest BCUT2D eigenvalue weighted by Gasteiger charge is 2.44. The molecule has 2 aliphatic rings. The Labute approximate surface area is 292 Å². The van der Waals surface area contributed by atoms with E-state index in [0.717, 1.165) is 46.2 Å². The van der Waals surface area contributed by atoms with E-state index in [9.17, 15) is 5.26 Å². The monoisotopic (exact) mass is 642 g/mol. The molecule has 0 saturated heterocycles. The van der Waals surface area contributed by atoms with Crippen LogP contribution in [0.3, 0.4) is 0 Å². The number of fused-ring (bicyclic) bond motifs is 5. The second kappa shape index (κ2) is 12.4. The molecule has 1 aromatic heterocycles. The van der Waals surface area contributed by atoms with Crippen molar-refractivity contribution in [3.8, 4) is 73.6 Å². The van der Waals surface area contributed by atoms with Gasteiger partial charge >= 0.3 is 0 Å². The number of benzene rings is 6. The van der Waals surface area contributed by atoms with Gasteiger partial charge in [0.2, 0.25) is 0 Å². The molecule has 6 aromatic carbocycles. The van der Waals surface area contributed by atoms with E-state index in [0.29, 0.717) is 17.5 Å². The van der Waals surface area contributed by atoms with Crippen molar-refractivity contribution in [2.45, 2.75) is 37.5 Å². The van der Waals surface area contributed by atoms with Crippen molar-refractivity contribution in [2.75, 3.05) is 0 Å². The molecule has 1 fully saturated rings. The van der Waals surface area contributed by atoms with E-state index in [4.69, 9.17) is 15.0 Å². The van der Waals surface area contributed by atoms with E-state index < -0.39 is 0 Å². The zero-order chi connectivity index (χ0) is 33.5. The Balaban J connectivity index is 1.08. The van der Waals surface area contributed by atoms with Crippen molar-refractivity contribution in [1.82, 2.24) is 15.0 Å². The van der Waals surface area contributed by atoms with Gasteiger partial charge in [-0.15, -0.1) is 0 Å². The molecule has 0 aliphatic heterocycles. The average molecular weight is 643 g/mol. The Morgan fingerprint density at radius 2 is 0.840 bits per heavy atom. The maximum Gasteiger partial charge on any atom is 0.164 e. The summed E-state index contributed by atoms with van der Waals surface area (Å²) in [6.45, 7) is 0. The van der Waals surface area contributed by atoms with Crippen LogP contribution in [-0.4, -0.2) is 15.0 Å². The van der Waals surface area contributed by atoms with Crippen LogP contribution in [-0.2, 0) is 5.41 Å². The van der Waals surface area contributed by atoms with Crippen molar-refractivity contribution in [3.05, 3.63) is 162 Å². The fraction of sp³-hybridized carbons (Fsp3) is 0.130. The van der Waals surface area contributed by atoms with Crippen molar-refractivity contribution >= 4 is 0 Å². The third-order valence-electron chi connectivity index (χ3n) is 10.6. The third kappa shape index (κ3) is 5.19. The Bertz CT molecular complexity index is 2380. The van der Waals surface area contributed by atoms with Gasteiger partial charge in [-0.3, -0.25) is 0 Å². The molecule has 1 spiro atoms. The lowest BCUT2D eigenvalue weighted by atomic mass is 9.67. The second-order valence-corrected chi connectivity index (χ2v) is 13.5. The van der Waals surface area contributed by atoms with Gasteiger partial charge in [0, 0.05) is 22.1 Å². The number of nitriles is 1. The summed E-state index contributed by atoms with van der Waals surface area (Å²) in [6, 6.07) is 53.1. The average Bonchev–Trinajstić information content (AvgIpc) is 3.46. The minimum absolute atomic E-state index is 0.0137. The molecule has 9 rings (SSSR count). The predicted octanol–water partition coefficient (Wildman–Crippen LogP) is 11.3. The lowest BCUT2D eigenvalue weighted by Crippen LogP contribution is -2.28. The van der Waals surface area contributed by atoms with Crippen LogP contribution in [0.5, 0.6) is 0 Å². The maximum atomic E-state index is 9.70. The van der Waals surface area contributed by atoms with Gasteiger partial charge in [0.05, 0.1) is 11.6 Å². The van der Waals surface area contributed by atoms with Gasteiger partial charge in [0.15, 0.2) is 17.5 Å². The largest absolute Gasteiger partial charge is 0.208 e. The van der Waals surface area contributed by atoms with Gasteiger partial charge in [0.25, 0.3) is 0 Å². The topological polar surface area (TPSA) is 62.5 Å². The summed E-state index contributed by atoms with van der Waals surface area (Å²) in [5.41, 5.74) is 13.6. The molecule has 238 valence electrons. The van der Waals surface area contributed by atoms with Gasteiger partial charge in [-0.1, -0.05) is 147 Å². The van der Waals surface area contributed by atoms with Gasteiger partial charge in [-0.2, -0.15) is 5.26 Å². The highest BCUT2D eigenvalue weighted by atomic mass is 15.0. The highest BCUT2D eigenvalue weighted by Crippen LogP contribution is 2.56. The first-order valence-corrected chi connectivity index (χ1v) is 17.5. The fourth-order valence-electron chi connectivity index (χ4n) is 8.04. The number of nitrogens with zero attached hydrogens (tertiary/aromatic N) is 4. The molecule has 0 unspecified atom stereocenters. The molecule has 4 heteroatoms. The molecule has 0 radical (unpaired) electrons. The number of hydrogen-bond donors (Lipinski definition) is 0. The normalized spacial score (nSPS) is 14.1. The summed E-state index contributed by atoms with van der Waals surface area (Å²) in [4.78, 5) is 14.9. The van der Waals surface area contributed by atoms with Gasteiger partial charge < -0.3 is 0 Å². The van der Waals surface area contributed by atoms with Crippen molar-refractivity contribution in [1.29, 1.82) is 5.26 Å². The Kier molecular flexibility index (Phi) is 7.40. The van der Waals surface area contributed by atoms with Crippen molar-refractivity contribution in [3.63, 3.8) is 0 Å². The van der Waals surface area contributed by atoms with Gasteiger partial charge in [-0.25, -0.2) is 15.0 Å². The molecule has 0 N–H and O–H groups in total. The van der Waals surface area contributed by atoms with Crippen molar-refractivity contribution in [2.24, 2.45) is 0 Å². The lowest BCUT2D eigenvalue weighted by molar-refractivity contribution is 0.353. The van der Waals surface area contributed by atoms with E-state index in [-0.39, 0.29) is 5.41 Å². The molecule has 4 nitrogen and oxygen atoms in total. The first-order chi connectivity index (χ1) is 24.7. The minimum Gasteiger partial charge on any atom is -0.208 e. The SMILES string of the molecule is N#Cc1ccc2c(c1)C1(CCCCC1)c1cc(-c3ccc(-c4nc(-c5ccccc5)nc(-c5ccc(-c6ccccc6)cc5)n4)cc3)ccc1-2. The summed E-state index contributed by atoms with van der Waals surface area (Å²) in [6.07, 6.45) is 5.96. The summed E-state index contributed by atoms with van der Waals surface area (Å²) >= 11 is 0. The lowest BCUT2D eigenvalue weighted by Gasteiger charge is -2.36. The van der Waals surface area contributed by atoms with Crippen LogP contribution in [0.15, 0.2) is 146 Å².